The van der Waals surface area contributed by atoms with Crippen molar-refractivity contribution in [2.24, 2.45) is 0 Å². The van der Waals surface area contributed by atoms with Crippen LogP contribution in [-0.4, -0.2) is 18.6 Å². The molecule has 3 nitrogen and oxygen atoms in total. The molecular formula is C19H23NO2. The molecule has 3 heteroatoms. The number of carbonyl (C=O) groups is 1. The largest absolute Gasteiger partial charge is 0.373 e. The van der Waals surface area contributed by atoms with Crippen LogP contribution in [0.15, 0.2) is 48.5 Å². The predicted octanol–water partition coefficient (Wildman–Crippen LogP) is 4.21. The Bertz CT molecular complexity index is 619. The van der Waals surface area contributed by atoms with Crippen molar-refractivity contribution < 1.29 is 9.53 Å². The van der Waals surface area contributed by atoms with Crippen LogP contribution in [0.25, 0.3) is 0 Å². The minimum absolute atomic E-state index is 0.0510. The normalized spacial score (nSPS) is 15.5. The Kier molecular flexibility index (Phi) is 5.73. The standard InChI is InChI=1S/C17H17NO2.C2H6/c1-12-6-5-7-13(10-15-11-20-15)16(12)17(19)18-14-8-3-2-4-9-14;1-2/h2-9,15H,10-11H2,1H3,(H,18,19);1-2H3. The summed E-state index contributed by atoms with van der Waals surface area (Å²) in [5.41, 5.74) is 3.64. The minimum Gasteiger partial charge on any atom is -0.373 e. The Hall–Kier alpha value is -2.13. The molecule has 0 bridgehead atoms. The molecule has 2 aromatic carbocycles. The third-order valence-corrected chi connectivity index (χ3v) is 3.47. The number of carbonyl (C=O) groups excluding carboxylic acids is 1. The molecule has 2 aromatic rings. The molecule has 0 spiro atoms. The number of para-hydroxylation sites is 1. The summed E-state index contributed by atoms with van der Waals surface area (Å²) in [6.07, 6.45) is 1.08. The van der Waals surface area contributed by atoms with Crippen LogP contribution in [0.4, 0.5) is 5.69 Å². The number of hydrogen-bond donors (Lipinski definition) is 1. The van der Waals surface area contributed by atoms with Gasteiger partial charge >= 0.3 is 0 Å². The van der Waals surface area contributed by atoms with Gasteiger partial charge in [0.25, 0.3) is 5.91 Å². The highest BCUT2D eigenvalue weighted by molar-refractivity contribution is 6.06. The lowest BCUT2D eigenvalue weighted by molar-refractivity contribution is 0.102. The van der Waals surface area contributed by atoms with Gasteiger partial charge in [0.1, 0.15) is 0 Å². The van der Waals surface area contributed by atoms with Crippen molar-refractivity contribution in [3.63, 3.8) is 0 Å². The molecule has 1 heterocycles. The maximum absolute atomic E-state index is 12.5. The predicted molar refractivity (Wildman–Crippen MR) is 90.4 cm³/mol. The average molecular weight is 297 g/mol. The van der Waals surface area contributed by atoms with Crippen molar-refractivity contribution in [3.8, 4) is 0 Å². The molecular weight excluding hydrogens is 274 g/mol. The number of ether oxygens (including phenoxy) is 1. The first-order valence-electron chi connectivity index (χ1n) is 7.80. The lowest BCUT2D eigenvalue weighted by Gasteiger charge is -2.12. The van der Waals surface area contributed by atoms with Crippen molar-refractivity contribution in [2.75, 3.05) is 11.9 Å². The summed E-state index contributed by atoms with van der Waals surface area (Å²) in [7, 11) is 0. The molecule has 1 fully saturated rings. The van der Waals surface area contributed by atoms with Gasteiger partial charge in [-0.2, -0.15) is 0 Å². The Labute approximate surface area is 132 Å². The fourth-order valence-corrected chi connectivity index (χ4v) is 2.37. The van der Waals surface area contributed by atoms with Gasteiger partial charge in [-0.05, 0) is 30.2 Å². The molecule has 1 atom stereocenters. The summed E-state index contributed by atoms with van der Waals surface area (Å²) in [4.78, 5) is 12.5. The third kappa shape index (κ3) is 4.18. The number of rotatable bonds is 4. The molecule has 116 valence electrons. The first kappa shape index (κ1) is 16.2. The number of amides is 1. The number of hydrogen-bond acceptors (Lipinski definition) is 2. The summed E-state index contributed by atoms with van der Waals surface area (Å²) in [5.74, 6) is -0.0510. The Morgan fingerprint density at radius 1 is 1.14 bits per heavy atom. The summed E-state index contributed by atoms with van der Waals surface area (Å²) in [5, 5.41) is 2.95. The zero-order valence-electron chi connectivity index (χ0n) is 13.4. The number of benzene rings is 2. The molecule has 1 aliphatic heterocycles. The van der Waals surface area contributed by atoms with Gasteiger partial charge in [0.2, 0.25) is 0 Å². The van der Waals surface area contributed by atoms with Crippen molar-refractivity contribution in [2.45, 2.75) is 33.3 Å². The van der Waals surface area contributed by atoms with E-state index in [0.717, 1.165) is 35.4 Å². The Morgan fingerprint density at radius 2 is 1.82 bits per heavy atom. The van der Waals surface area contributed by atoms with Crippen LogP contribution in [0.3, 0.4) is 0 Å². The third-order valence-electron chi connectivity index (χ3n) is 3.47. The monoisotopic (exact) mass is 297 g/mol. The van der Waals surface area contributed by atoms with E-state index < -0.39 is 0 Å². The van der Waals surface area contributed by atoms with Crippen LogP contribution in [0.1, 0.15) is 35.3 Å². The molecule has 1 N–H and O–H groups in total. The second kappa shape index (κ2) is 7.76. The quantitative estimate of drug-likeness (QED) is 0.859. The van der Waals surface area contributed by atoms with Crippen molar-refractivity contribution >= 4 is 11.6 Å². The van der Waals surface area contributed by atoms with Crippen LogP contribution >= 0.6 is 0 Å². The first-order valence-corrected chi connectivity index (χ1v) is 7.80. The van der Waals surface area contributed by atoms with Gasteiger partial charge in [-0.15, -0.1) is 0 Å². The molecule has 22 heavy (non-hydrogen) atoms. The van der Waals surface area contributed by atoms with Crippen LogP contribution in [-0.2, 0) is 11.2 Å². The minimum atomic E-state index is -0.0510. The number of aryl methyl sites for hydroxylation is 1. The van der Waals surface area contributed by atoms with Crippen LogP contribution < -0.4 is 5.32 Å². The molecule has 1 saturated heterocycles. The second-order valence-corrected chi connectivity index (χ2v) is 5.09. The van der Waals surface area contributed by atoms with Gasteiger partial charge in [-0.1, -0.05) is 50.2 Å². The maximum atomic E-state index is 12.5. The number of epoxide rings is 1. The molecule has 3 rings (SSSR count). The first-order chi connectivity index (χ1) is 10.7. The van der Waals surface area contributed by atoms with Crippen molar-refractivity contribution in [1.82, 2.24) is 0 Å². The second-order valence-electron chi connectivity index (χ2n) is 5.09. The Balaban J connectivity index is 0.000000847. The van der Waals surface area contributed by atoms with Gasteiger partial charge in [0, 0.05) is 17.7 Å². The van der Waals surface area contributed by atoms with E-state index in [1.54, 1.807) is 0 Å². The highest BCUT2D eigenvalue weighted by atomic mass is 16.6. The van der Waals surface area contributed by atoms with E-state index in [0.29, 0.717) is 0 Å². The van der Waals surface area contributed by atoms with Gasteiger partial charge in [-0.3, -0.25) is 4.79 Å². The zero-order chi connectivity index (χ0) is 15.9. The van der Waals surface area contributed by atoms with Crippen LogP contribution in [0.5, 0.6) is 0 Å². The molecule has 1 amide bonds. The van der Waals surface area contributed by atoms with E-state index >= 15 is 0 Å². The van der Waals surface area contributed by atoms with Crippen LogP contribution in [0, 0.1) is 6.92 Å². The zero-order valence-corrected chi connectivity index (χ0v) is 13.4. The van der Waals surface area contributed by atoms with E-state index in [2.05, 4.69) is 5.32 Å². The molecule has 0 aliphatic carbocycles. The van der Waals surface area contributed by atoms with E-state index in [9.17, 15) is 4.79 Å². The summed E-state index contributed by atoms with van der Waals surface area (Å²) >= 11 is 0. The van der Waals surface area contributed by atoms with E-state index in [1.165, 1.54) is 0 Å². The van der Waals surface area contributed by atoms with E-state index in [1.807, 2.05) is 69.3 Å². The summed E-state index contributed by atoms with van der Waals surface area (Å²) < 4.78 is 5.27. The molecule has 0 radical (unpaired) electrons. The average Bonchev–Trinajstić information content (AvgIpc) is 3.34. The highest BCUT2D eigenvalue weighted by Crippen LogP contribution is 2.22. The topological polar surface area (TPSA) is 41.6 Å². The molecule has 0 aromatic heterocycles. The fourth-order valence-electron chi connectivity index (χ4n) is 2.37. The lowest BCUT2D eigenvalue weighted by atomic mass is 9.97. The van der Waals surface area contributed by atoms with Gasteiger partial charge in [0.05, 0.1) is 12.7 Å². The van der Waals surface area contributed by atoms with Crippen LogP contribution in [0.2, 0.25) is 0 Å². The molecule has 0 saturated carbocycles. The fraction of sp³-hybridized carbons (Fsp3) is 0.316. The SMILES string of the molecule is CC.Cc1cccc(CC2CO2)c1C(=O)Nc1ccccc1. The molecule has 1 aliphatic rings. The highest BCUT2D eigenvalue weighted by Gasteiger charge is 2.25. The Morgan fingerprint density at radius 3 is 2.45 bits per heavy atom. The van der Waals surface area contributed by atoms with Crippen molar-refractivity contribution in [1.29, 1.82) is 0 Å². The van der Waals surface area contributed by atoms with Gasteiger partial charge in [0.15, 0.2) is 0 Å². The lowest BCUT2D eigenvalue weighted by Crippen LogP contribution is -2.16. The number of anilines is 1. The summed E-state index contributed by atoms with van der Waals surface area (Å²) in [6, 6.07) is 15.5. The van der Waals surface area contributed by atoms with E-state index in [4.69, 9.17) is 4.74 Å². The molecule has 1 unspecified atom stereocenters. The van der Waals surface area contributed by atoms with E-state index in [-0.39, 0.29) is 12.0 Å². The smallest absolute Gasteiger partial charge is 0.256 e. The maximum Gasteiger partial charge on any atom is 0.256 e. The summed E-state index contributed by atoms with van der Waals surface area (Å²) in [6.45, 7) is 6.77. The van der Waals surface area contributed by atoms with Gasteiger partial charge < -0.3 is 10.1 Å². The van der Waals surface area contributed by atoms with Crippen molar-refractivity contribution in [3.05, 3.63) is 65.2 Å². The number of nitrogens with one attached hydrogen (secondary N) is 1. The van der Waals surface area contributed by atoms with Gasteiger partial charge in [-0.25, -0.2) is 0 Å².